The van der Waals surface area contributed by atoms with Gasteiger partial charge in [0.15, 0.2) is 0 Å². The number of nitrogens with one attached hydrogen (secondary N) is 1. The van der Waals surface area contributed by atoms with Crippen molar-refractivity contribution in [1.29, 1.82) is 0 Å². The van der Waals surface area contributed by atoms with E-state index in [0.29, 0.717) is 18.8 Å². The zero-order valence-electron chi connectivity index (χ0n) is 11.4. The Morgan fingerprint density at radius 1 is 1.37 bits per heavy atom. The highest BCUT2D eigenvalue weighted by atomic mass is 16.5. The average molecular weight is 260 g/mol. The first-order valence-electron chi connectivity index (χ1n) is 6.43. The molecule has 1 heterocycles. The normalized spacial score (nSPS) is 10.4. The maximum atomic E-state index is 5.87. The van der Waals surface area contributed by atoms with Gasteiger partial charge in [-0.25, -0.2) is 0 Å². The summed E-state index contributed by atoms with van der Waals surface area (Å²) in [5, 5.41) is 7.62. The molecule has 0 atom stereocenters. The van der Waals surface area contributed by atoms with Crippen LogP contribution in [-0.4, -0.2) is 16.4 Å². The Kier molecular flexibility index (Phi) is 4.28. The third-order valence-corrected chi connectivity index (χ3v) is 2.72. The number of hydrogen-bond acceptors (Lipinski definition) is 4. The molecule has 19 heavy (non-hydrogen) atoms. The molecule has 3 N–H and O–H groups in total. The average Bonchev–Trinajstić information content (AvgIpc) is 2.82. The van der Waals surface area contributed by atoms with Crippen LogP contribution in [-0.2, 0) is 13.6 Å². The van der Waals surface area contributed by atoms with Crippen LogP contribution < -0.4 is 15.8 Å². The van der Waals surface area contributed by atoms with Crippen molar-refractivity contribution in [3.05, 3.63) is 36.2 Å². The minimum absolute atomic E-state index is 0.664. The molecule has 0 spiro atoms. The van der Waals surface area contributed by atoms with Gasteiger partial charge in [0, 0.05) is 25.0 Å². The van der Waals surface area contributed by atoms with Crippen LogP contribution >= 0.6 is 0 Å². The van der Waals surface area contributed by atoms with Gasteiger partial charge < -0.3 is 15.8 Å². The van der Waals surface area contributed by atoms with Crippen LogP contribution in [0.15, 0.2) is 30.5 Å². The fourth-order valence-corrected chi connectivity index (χ4v) is 1.73. The highest BCUT2D eigenvalue weighted by Gasteiger charge is 2.03. The predicted octanol–water partition coefficient (Wildman–Crippen LogP) is 2.40. The number of aromatic nitrogens is 2. The lowest BCUT2D eigenvalue weighted by molar-refractivity contribution is 0.319. The van der Waals surface area contributed by atoms with E-state index < -0.39 is 0 Å². The summed E-state index contributed by atoms with van der Waals surface area (Å²) in [5.74, 6) is 0.730. The molecule has 5 heteroatoms. The number of nitrogens with two attached hydrogens (primary N) is 1. The maximum Gasteiger partial charge on any atom is 0.144 e. The van der Waals surface area contributed by atoms with Gasteiger partial charge in [-0.2, -0.15) is 5.10 Å². The van der Waals surface area contributed by atoms with Gasteiger partial charge in [-0.05, 0) is 24.6 Å². The van der Waals surface area contributed by atoms with Crippen LogP contribution in [0.1, 0.15) is 19.0 Å². The molecule has 0 aliphatic heterocycles. The van der Waals surface area contributed by atoms with Crippen LogP contribution in [0.5, 0.6) is 5.75 Å². The molecular formula is C14H20N4O. The van der Waals surface area contributed by atoms with Crippen molar-refractivity contribution in [2.24, 2.45) is 7.05 Å². The van der Waals surface area contributed by atoms with Gasteiger partial charge in [0.1, 0.15) is 5.75 Å². The number of rotatable bonds is 6. The molecule has 0 saturated carbocycles. The van der Waals surface area contributed by atoms with E-state index in [2.05, 4.69) is 17.3 Å². The second-order valence-electron chi connectivity index (χ2n) is 4.44. The topological polar surface area (TPSA) is 65.1 Å². The summed E-state index contributed by atoms with van der Waals surface area (Å²) in [5.41, 5.74) is 8.51. The maximum absolute atomic E-state index is 5.87. The Bertz CT molecular complexity index is 536. The van der Waals surface area contributed by atoms with Gasteiger partial charge >= 0.3 is 0 Å². The SMILES string of the molecule is CCCOc1cc(NCc2ccn(C)n2)ccc1N. The lowest BCUT2D eigenvalue weighted by atomic mass is 10.2. The molecule has 0 aliphatic rings. The zero-order chi connectivity index (χ0) is 13.7. The summed E-state index contributed by atoms with van der Waals surface area (Å²) >= 11 is 0. The summed E-state index contributed by atoms with van der Waals surface area (Å²) in [7, 11) is 1.91. The third-order valence-electron chi connectivity index (χ3n) is 2.72. The molecule has 0 fully saturated rings. The quantitative estimate of drug-likeness (QED) is 0.783. The highest BCUT2D eigenvalue weighted by Crippen LogP contribution is 2.25. The lowest BCUT2D eigenvalue weighted by Crippen LogP contribution is -2.03. The molecule has 0 aliphatic carbocycles. The minimum atomic E-state index is 0.664. The molecule has 2 rings (SSSR count). The standard InChI is InChI=1S/C14H20N4O/c1-3-8-19-14-9-11(4-5-13(14)15)16-10-12-6-7-18(2)17-12/h4-7,9,16H,3,8,10,15H2,1-2H3. The van der Waals surface area contributed by atoms with Crippen LogP contribution in [0.4, 0.5) is 11.4 Å². The summed E-state index contributed by atoms with van der Waals surface area (Å²) in [6.07, 6.45) is 2.89. The van der Waals surface area contributed by atoms with Crippen LogP contribution in [0.3, 0.4) is 0 Å². The number of aryl methyl sites for hydroxylation is 1. The van der Waals surface area contributed by atoms with Crippen molar-refractivity contribution in [3.63, 3.8) is 0 Å². The Balaban J connectivity index is 2.00. The molecule has 0 amide bonds. The zero-order valence-corrected chi connectivity index (χ0v) is 11.4. The summed E-state index contributed by atoms with van der Waals surface area (Å²) < 4.78 is 7.39. The number of nitrogen functional groups attached to an aromatic ring is 1. The predicted molar refractivity (Wildman–Crippen MR) is 77.2 cm³/mol. The molecule has 1 aromatic heterocycles. The Labute approximate surface area is 113 Å². The first-order chi connectivity index (χ1) is 9.19. The van der Waals surface area contributed by atoms with Gasteiger partial charge in [-0.15, -0.1) is 0 Å². The highest BCUT2D eigenvalue weighted by molar-refractivity contribution is 5.61. The molecule has 0 saturated heterocycles. The summed E-state index contributed by atoms with van der Waals surface area (Å²) in [4.78, 5) is 0. The van der Waals surface area contributed by atoms with Crippen molar-refractivity contribution in [3.8, 4) is 5.75 Å². The Morgan fingerprint density at radius 3 is 2.89 bits per heavy atom. The first kappa shape index (κ1) is 13.3. The molecular weight excluding hydrogens is 240 g/mol. The summed E-state index contributed by atoms with van der Waals surface area (Å²) in [6, 6.07) is 7.70. The van der Waals surface area contributed by atoms with E-state index in [1.165, 1.54) is 0 Å². The van der Waals surface area contributed by atoms with Gasteiger partial charge in [-0.1, -0.05) is 6.92 Å². The number of ether oxygens (including phenoxy) is 1. The van der Waals surface area contributed by atoms with E-state index in [-0.39, 0.29) is 0 Å². The number of anilines is 2. The van der Waals surface area contributed by atoms with Crippen molar-refractivity contribution in [2.45, 2.75) is 19.9 Å². The second-order valence-corrected chi connectivity index (χ2v) is 4.44. The van der Waals surface area contributed by atoms with Crippen LogP contribution in [0.2, 0.25) is 0 Å². The molecule has 2 aromatic rings. The van der Waals surface area contributed by atoms with E-state index in [1.807, 2.05) is 37.5 Å². The fraction of sp³-hybridized carbons (Fsp3) is 0.357. The molecule has 0 unspecified atom stereocenters. The number of nitrogens with zero attached hydrogens (tertiary/aromatic N) is 2. The fourth-order valence-electron chi connectivity index (χ4n) is 1.73. The number of hydrogen-bond donors (Lipinski definition) is 2. The first-order valence-corrected chi connectivity index (χ1v) is 6.43. The van der Waals surface area contributed by atoms with Crippen LogP contribution in [0.25, 0.3) is 0 Å². The van der Waals surface area contributed by atoms with E-state index in [0.717, 1.165) is 23.6 Å². The van der Waals surface area contributed by atoms with E-state index >= 15 is 0 Å². The molecule has 0 bridgehead atoms. The Morgan fingerprint density at radius 2 is 2.21 bits per heavy atom. The van der Waals surface area contributed by atoms with E-state index in [4.69, 9.17) is 10.5 Å². The largest absolute Gasteiger partial charge is 0.491 e. The molecule has 0 radical (unpaired) electrons. The number of benzene rings is 1. The van der Waals surface area contributed by atoms with E-state index in [9.17, 15) is 0 Å². The molecule has 5 nitrogen and oxygen atoms in total. The minimum Gasteiger partial charge on any atom is -0.491 e. The summed E-state index contributed by atoms with van der Waals surface area (Å²) in [6.45, 7) is 3.42. The van der Waals surface area contributed by atoms with Crippen molar-refractivity contribution >= 4 is 11.4 Å². The van der Waals surface area contributed by atoms with Gasteiger partial charge in [-0.3, -0.25) is 4.68 Å². The van der Waals surface area contributed by atoms with Crippen LogP contribution in [0, 0.1) is 0 Å². The van der Waals surface area contributed by atoms with Crippen molar-refractivity contribution < 1.29 is 4.74 Å². The van der Waals surface area contributed by atoms with Gasteiger partial charge in [0.2, 0.25) is 0 Å². The monoisotopic (exact) mass is 260 g/mol. The van der Waals surface area contributed by atoms with Gasteiger partial charge in [0.05, 0.1) is 24.5 Å². The molecule has 102 valence electrons. The lowest BCUT2D eigenvalue weighted by Gasteiger charge is -2.11. The van der Waals surface area contributed by atoms with Crippen molar-refractivity contribution in [2.75, 3.05) is 17.7 Å². The third kappa shape index (κ3) is 3.64. The van der Waals surface area contributed by atoms with E-state index in [1.54, 1.807) is 4.68 Å². The van der Waals surface area contributed by atoms with Crippen molar-refractivity contribution in [1.82, 2.24) is 9.78 Å². The Hall–Kier alpha value is -2.17. The molecule has 1 aromatic carbocycles. The smallest absolute Gasteiger partial charge is 0.144 e. The van der Waals surface area contributed by atoms with Gasteiger partial charge in [0.25, 0.3) is 0 Å². The second kappa shape index (κ2) is 6.13.